The van der Waals surface area contributed by atoms with E-state index in [9.17, 15) is 9.59 Å². The monoisotopic (exact) mass is 637 g/mol. The van der Waals surface area contributed by atoms with Gasteiger partial charge in [0.15, 0.2) is 0 Å². The Morgan fingerprint density at radius 3 is 1.96 bits per heavy atom. The zero-order chi connectivity index (χ0) is 32.7. The van der Waals surface area contributed by atoms with Gasteiger partial charge < -0.3 is 28.6 Å². The molecule has 10 nitrogen and oxygen atoms in total. The second-order valence-electron chi connectivity index (χ2n) is 13.0. The van der Waals surface area contributed by atoms with Gasteiger partial charge in [-0.05, 0) is 102 Å². The molecule has 240 valence electrons. The van der Waals surface area contributed by atoms with E-state index in [-0.39, 0.29) is 0 Å². The number of benzene rings is 3. The minimum atomic E-state index is -0.726. The molecule has 2 N–H and O–H groups in total. The van der Waals surface area contributed by atoms with E-state index in [2.05, 4.69) is 10.6 Å². The fourth-order valence-electron chi connectivity index (χ4n) is 5.97. The second kappa shape index (κ2) is 12.0. The summed E-state index contributed by atoms with van der Waals surface area (Å²) in [6.45, 7) is 11.3. The topological polar surface area (TPSA) is 108 Å². The van der Waals surface area contributed by atoms with Gasteiger partial charge in [-0.15, -0.1) is 0 Å². The summed E-state index contributed by atoms with van der Waals surface area (Å²) in [5.74, 6) is 1.20. The zero-order valence-electron chi connectivity index (χ0n) is 26.9. The molecule has 5 rings (SSSR count). The van der Waals surface area contributed by atoms with Crippen LogP contribution in [-0.2, 0) is 19.6 Å². The molecule has 3 aromatic carbocycles. The first-order chi connectivity index (χ1) is 21.1. The Hall–Kier alpha value is -4.15. The first-order valence-electron chi connectivity index (χ1n) is 14.7. The Balaban J connectivity index is 1.63. The van der Waals surface area contributed by atoms with Crippen LogP contribution in [0.2, 0.25) is 5.02 Å². The predicted molar refractivity (Wildman–Crippen MR) is 174 cm³/mol. The molecule has 0 bridgehead atoms. The van der Waals surface area contributed by atoms with Crippen molar-refractivity contribution in [1.82, 2.24) is 0 Å². The van der Waals surface area contributed by atoms with Crippen LogP contribution in [0.5, 0.6) is 11.5 Å². The number of rotatable bonds is 6. The molecule has 45 heavy (non-hydrogen) atoms. The molecule has 2 aliphatic heterocycles. The largest absolute Gasteiger partial charge is 0.496 e. The van der Waals surface area contributed by atoms with Crippen molar-refractivity contribution in [2.24, 2.45) is 0 Å². The number of ether oxygens (including phenoxy) is 5. The lowest BCUT2D eigenvalue weighted by molar-refractivity contribution is 0.0624. The molecule has 0 aliphatic carbocycles. The number of halogens is 1. The van der Waals surface area contributed by atoms with Gasteiger partial charge >= 0.3 is 12.2 Å². The summed E-state index contributed by atoms with van der Waals surface area (Å²) >= 11 is 6.59. The highest BCUT2D eigenvalue weighted by Crippen LogP contribution is 2.60. The van der Waals surface area contributed by atoms with Crippen LogP contribution in [0, 0.1) is 0 Å². The molecular weight excluding hydrogens is 598 g/mol. The molecule has 11 heteroatoms. The fraction of sp³-hybridized carbons (Fsp3) is 0.412. The molecular formula is C34H40ClN3O7. The molecule has 2 aliphatic rings. The summed E-state index contributed by atoms with van der Waals surface area (Å²) in [5.41, 5.74) is 2.29. The van der Waals surface area contributed by atoms with Crippen molar-refractivity contribution in [2.75, 3.05) is 36.4 Å². The number of carbonyl (C=O) groups is 2. The third kappa shape index (κ3) is 6.48. The molecule has 2 amide bonds. The molecule has 2 heterocycles. The molecule has 3 aromatic rings. The Morgan fingerprint density at radius 1 is 0.800 bits per heavy atom. The highest BCUT2D eigenvalue weighted by molar-refractivity contribution is 6.31. The van der Waals surface area contributed by atoms with Crippen molar-refractivity contribution >= 4 is 46.5 Å². The number of hydrogen-bond acceptors (Lipinski definition) is 8. The lowest BCUT2D eigenvalue weighted by Crippen LogP contribution is -2.41. The van der Waals surface area contributed by atoms with E-state index < -0.39 is 35.0 Å². The summed E-state index contributed by atoms with van der Waals surface area (Å²) in [6.07, 6.45) is -1.07. The summed E-state index contributed by atoms with van der Waals surface area (Å²) in [4.78, 5) is 27.4. The zero-order valence-corrected chi connectivity index (χ0v) is 27.6. The van der Waals surface area contributed by atoms with Crippen molar-refractivity contribution < 1.29 is 33.3 Å². The average Bonchev–Trinajstić information content (AvgIpc) is 3.47. The van der Waals surface area contributed by atoms with Crippen LogP contribution in [0.1, 0.15) is 59.1 Å². The van der Waals surface area contributed by atoms with E-state index in [1.54, 1.807) is 53.2 Å². The van der Waals surface area contributed by atoms with Gasteiger partial charge in [0.05, 0.1) is 31.9 Å². The molecule has 0 radical (unpaired) electrons. The smallest absolute Gasteiger partial charge is 0.412 e. The number of anilines is 4. The number of fused-ring (bicyclic) bond motifs is 3. The van der Waals surface area contributed by atoms with Crippen LogP contribution in [0.25, 0.3) is 0 Å². The van der Waals surface area contributed by atoms with Crippen LogP contribution in [0.15, 0.2) is 54.6 Å². The maximum absolute atomic E-state index is 12.7. The Bertz CT molecular complexity index is 1610. The number of nitrogens with one attached hydrogen (secondary N) is 2. The molecule has 1 saturated heterocycles. The minimum Gasteiger partial charge on any atom is -0.496 e. The summed E-state index contributed by atoms with van der Waals surface area (Å²) < 4.78 is 29.2. The van der Waals surface area contributed by atoms with Gasteiger partial charge in [0, 0.05) is 27.6 Å². The Labute approximate surface area is 268 Å². The van der Waals surface area contributed by atoms with E-state index in [4.69, 9.17) is 35.3 Å². The lowest BCUT2D eigenvalue weighted by atomic mass is 9.73. The standard InChI is InChI=1S/C34H40ClN3O7/c1-32(2,3)44-30(39)36-21-10-13-27(41-7)24(18-21)34-15-16-43-29(34)38(25-17-20(35)9-12-23(25)34)26-19-22(11-14-28(26)42-8)37-31(40)45-33(4,5)6/h9-14,17-19,29H,15-16H2,1-8H3,(H,36,39)(H,37,40)/t29-,34-/m1/s1. The van der Waals surface area contributed by atoms with Gasteiger partial charge in [-0.3, -0.25) is 10.6 Å². The van der Waals surface area contributed by atoms with E-state index in [0.717, 1.165) is 16.8 Å². The Kier molecular flexibility index (Phi) is 8.59. The normalized spacial score (nSPS) is 19.0. The first kappa shape index (κ1) is 32.2. The van der Waals surface area contributed by atoms with Crippen molar-refractivity contribution in [2.45, 2.75) is 70.8 Å². The van der Waals surface area contributed by atoms with Crippen LogP contribution in [0.4, 0.5) is 32.3 Å². The van der Waals surface area contributed by atoms with Crippen LogP contribution < -0.4 is 25.0 Å². The molecule has 0 aromatic heterocycles. The number of nitrogens with zero attached hydrogens (tertiary/aromatic N) is 1. The van der Waals surface area contributed by atoms with Crippen molar-refractivity contribution in [3.8, 4) is 11.5 Å². The van der Waals surface area contributed by atoms with Crippen molar-refractivity contribution in [1.29, 1.82) is 0 Å². The maximum Gasteiger partial charge on any atom is 0.412 e. The third-order valence-electron chi connectivity index (χ3n) is 7.54. The first-order valence-corrected chi connectivity index (χ1v) is 15.1. The predicted octanol–water partition coefficient (Wildman–Crippen LogP) is 8.24. The minimum absolute atomic E-state index is 0.453. The highest BCUT2D eigenvalue weighted by atomic mass is 35.5. The number of amides is 2. The quantitative estimate of drug-likeness (QED) is 0.278. The molecule has 1 fully saturated rings. The van der Waals surface area contributed by atoms with Crippen molar-refractivity contribution in [3.63, 3.8) is 0 Å². The van der Waals surface area contributed by atoms with Gasteiger partial charge in [0.2, 0.25) is 0 Å². The number of methoxy groups -OCH3 is 2. The highest BCUT2D eigenvalue weighted by Gasteiger charge is 2.58. The summed E-state index contributed by atoms with van der Waals surface area (Å²) in [7, 11) is 3.21. The van der Waals surface area contributed by atoms with Crippen LogP contribution in [0.3, 0.4) is 0 Å². The molecule has 0 unspecified atom stereocenters. The van der Waals surface area contributed by atoms with Crippen LogP contribution in [-0.4, -0.2) is 50.4 Å². The molecule has 2 atom stereocenters. The van der Waals surface area contributed by atoms with Gasteiger partial charge in [0.1, 0.15) is 28.9 Å². The van der Waals surface area contributed by atoms with Gasteiger partial charge in [-0.25, -0.2) is 9.59 Å². The van der Waals surface area contributed by atoms with Gasteiger partial charge in [-0.1, -0.05) is 17.7 Å². The Morgan fingerprint density at radius 2 is 1.38 bits per heavy atom. The summed E-state index contributed by atoms with van der Waals surface area (Å²) in [5, 5.41) is 6.23. The average molecular weight is 638 g/mol. The van der Waals surface area contributed by atoms with Crippen molar-refractivity contribution in [3.05, 3.63) is 70.7 Å². The van der Waals surface area contributed by atoms with E-state index in [1.807, 2.05) is 62.1 Å². The molecule has 0 saturated carbocycles. The molecule has 0 spiro atoms. The lowest BCUT2D eigenvalue weighted by Gasteiger charge is -2.34. The van der Waals surface area contributed by atoms with Gasteiger partial charge in [0.25, 0.3) is 0 Å². The maximum atomic E-state index is 12.7. The SMILES string of the molecule is COc1ccc(NC(=O)OC(C)(C)C)cc1N1c2cc(Cl)ccc2[C@@]2(c3cc(NC(=O)OC(C)(C)C)ccc3OC)CCO[C@@H]12. The van der Waals surface area contributed by atoms with E-state index in [1.165, 1.54) is 0 Å². The number of carbonyl (C=O) groups excluding carboxylic acids is 2. The van der Waals surface area contributed by atoms with Gasteiger partial charge in [-0.2, -0.15) is 0 Å². The fourth-order valence-corrected chi connectivity index (χ4v) is 6.14. The van der Waals surface area contributed by atoms with E-state index in [0.29, 0.717) is 46.6 Å². The summed E-state index contributed by atoms with van der Waals surface area (Å²) in [6, 6.07) is 16.6. The van der Waals surface area contributed by atoms with Crippen LogP contribution >= 0.6 is 11.6 Å². The number of hydrogen-bond donors (Lipinski definition) is 2. The third-order valence-corrected chi connectivity index (χ3v) is 7.77. The second-order valence-corrected chi connectivity index (χ2v) is 13.5. The van der Waals surface area contributed by atoms with E-state index >= 15 is 0 Å².